The van der Waals surface area contributed by atoms with Crippen LogP contribution in [0.5, 0.6) is 0 Å². The summed E-state index contributed by atoms with van der Waals surface area (Å²) in [6.45, 7) is 9.87. The lowest BCUT2D eigenvalue weighted by atomic mass is 9.61. The van der Waals surface area contributed by atoms with Gasteiger partial charge in [-0.1, -0.05) is 43.2 Å². The Kier molecular flexibility index (Phi) is 6.45. The first kappa shape index (κ1) is 19.0. The highest BCUT2D eigenvalue weighted by atomic mass is 16.4. The number of carboxylic acids is 1. The summed E-state index contributed by atoms with van der Waals surface area (Å²) in [4.78, 5) is 14.9. The molecule has 0 aromatic heterocycles. The summed E-state index contributed by atoms with van der Waals surface area (Å²) < 4.78 is 0. The van der Waals surface area contributed by atoms with Gasteiger partial charge in [0, 0.05) is 12.1 Å². The minimum Gasteiger partial charge on any atom is -0.481 e. The van der Waals surface area contributed by atoms with Gasteiger partial charge in [0.05, 0.1) is 5.41 Å². The molecule has 24 heavy (non-hydrogen) atoms. The third kappa shape index (κ3) is 3.83. The fourth-order valence-corrected chi connectivity index (χ4v) is 4.57. The molecule has 3 nitrogen and oxygen atoms in total. The van der Waals surface area contributed by atoms with Crippen molar-refractivity contribution in [3.05, 3.63) is 35.9 Å². The Labute approximate surface area is 147 Å². The number of aliphatic carboxylic acids is 1. The van der Waals surface area contributed by atoms with Gasteiger partial charge in [0.2, 0.25) is 0 Å². The van der Waals surface area contributed by atoms with Crippen molar-refractivity contribution in [3.63, 3.8) is 0 Å². The first-order valence-electron chi connectivity index (χ1n) is 9.44. The minimum absolute atomic E-state index is 0.214. The topological polar surface area (TPSA) is 40.5 Å². The third-order valence-corrected chi connectivity index (χ3v) is 5.80. The van der Waals surface area contributed by atoms with Crippen molar-refractivity contribution in [2.45, 2.75) is 77.3 Å². The fourth-order valence-electron chi connectivity index (χ4n) is 4.57. The van der Waals surface area contributed by atoms with Crippen LogP contribution in [0.25, 0.3) is 0 Å². The molecular formula is C21H33NO2. The molecule has 0 heterocycles. The molecule has 3 heteroatoms. The lowest BCUT2D eigenvalue weighted by molar-refractivity contribution is -0.148. The van der Waals surface area contributed by atoms with E-state index in [2.05, 4.69) is 32.6 Å². The second-order valence-corrected chi connectivity index (χ2v) is 7.80. The number of hydrogen-bond donors (Lipinski definition) is 1. The average molecular weight is 332 g/mol. The predicted molar refractivity (Wildman–Crippen MR) is 99.3 cm³/mol. The van der Waals surface area contributed by atoms with Crippen LogP contribution in [0.4, 0.5) is 0 Å². The summed E-state index contributed by atoms with van der Waals surface area (Å²) >= 11 is 0. The molecule has 1 fully saturated rings. The van der Waals surface area contributed by atoms with Crippen LogP contribution in [0.3, 0.4) is 0 Å². The van der Waals surface area contributed by atoms with Crippen molar-refractivity contribution >= 4 is 5.97 Å². The average Bonchev–Trinajstić information content (AvgIpc) is 2.55. The van der Waals surface area contributed by atoms with Gasteiger partial charge in [-0.25, -0.2) is 0 Å². The molecule has 0 bridgehead atoms. The second kappa shape index (κ2) is 8.15. The zero-order valence-electron chi connectivity index (χ0n) is 15.7. The molecule has 0 aliphatic heterocycles. The minimum atomic E-state index is -0.709. The number of hydrogen-bond acceptors (Lipinski definition) is 2. The van der Waals surface area contributed by atoms with Crippen molar-refractivity contribution in [1.29, 1.82) is 0 Å². The Hall–Kier alpha value is -1.35. The first-order chi connectivity index (χ1) is 11.4. The van der Waals surface area contributed by atoms with Gasteiger partial charge in [-0.3, -0.25) is 9.69 Å². The van der Waals surface area contributed by atoms with Crippen LogP contribution in [0, 0.1) is 5.92 Å². The van der Waals surface area contributed by atoms with E-state index in [9.17, 15) is 9.90 Å². The fraction of sp³-hybridized carbons (Fsp3) is 0.667. The highest BCUT2D eigenvalue weighted by Gasteiger charge is 2.48. The van der Waals surface area contributed by atoms with Gasteiger partial charge in [-0.05, 0) is 65.0 Å². The summed E-state index contributed by atoms with van der Waals surface area (Å²) in [5, 5.41) is 10.2. The number of benzene rings is 1. The van der Waals surface area contributed by atoms with Gasteiger partial charge in [0.15, 0.2) is 0 Å². The monoisotopic (exact) mass is 331 g/mol. The van der Waals surface area contributed by atoms with Crippen LogP contribution in [0.2, 0.25) is 0 Å². The molecule has 2 rings (SSSR count). The predicted octanol–water partition coefficient (Wildman–Crippen LogP) is 4.71. The first-order valence-corrected chi connectivity index (χ1v) is 9.44. The van der Waals surface area contributed by atoms with E-state index in [4.69, 9.17) is 0 Å². The maximum Gasteiger partial charge on any atom is 0.314 e. The Bertz CT molecular complexity index is 518. The molecule has 1 saturated carbocycles. The van der Waals surface area contributed by atoms with Crippen molar-refractivity contribution < 1.29 is 9.90 Å². The zero-order valence-corrected chi connectivity index (χ0v) is 15.7. The van der Waals surface area contributed by atoms with E-state index in [1.165, 1.54) is 0 Å². The van der Waals surface area contributed by atoms with Crippen LogP contribution in [-0.4, -0.2) is 34.6 Å². The summed E-state index contributed by atoms with van der Waals surface area (Å²) in [5.41, 5.74) is 0.280. The number of nitrogens with zero attached hydrogens (tertiary/aromatic N) is 1. The zero-order chi connectivity index (χ0) is 17.7. The van der Waals surface area contributed by atoms with Gasteiger partial charge < -0.3 is 5.11 Å². The summed E-state index contributed by atoms with van der Waals surface area (Å²) in [5.74, 6) is -0.426. The molecule has 2 unspecified atom stereocenters. The molecule has 1 N–H and O–H groups in total. The Morgan fingerprint density at radius 2 is 1.79 bits per heavy atom. The van der Waals surface area contributed by atoms with Gasteiger partial charge >= 0.3 is 5.97 Å². The summed E-state index contributed by atoms with van der Waals surface area (Å²) in [6.07, 6.45) is 4.90. The van der Waals surface area contributed by atoms with Crippen LogP contribution < -0.4 is 0 Å². The normalized spacial score (nSPS) is 24.7. The van der Waals surface area contributed by atoms with Crippen LogP contribution in [-0.2, 0) is 10.2 Å². The lowest BCUT2D eigenvalue weighted by Gasteiger charge is -2.43. The third-order valence-electron chi connectivity index (χ3n) is 5.80. The largest absolute Gasteiger partial charge is 0.481 e. The highest BCUT2D eigenvalue weighted by Crippen LogP contribution is 2.46. The van der Waals surface area contributed by atoms with Crippen molar-refractivity contribution in [2.24, 2.45) is 5.92 Å². The number of carbonyl (C=O) groups is 1. The molecule has 1 aliphatic carbocycles. The van der Waals surface area contributed by atoms with Crippen molar-refractivity contribution in [3.8, 4) is 0 Å². The quantitative estimate of drug-likeness (QED) is 0.787. The highest BCUT2D eigenvalue weighted by molar-refractivity contribution is 5.82. The maximum absolute atomic E-state index is 12.4. The van der Waals surface area contributed by atoms with Crippen molar-refractivity contribution in [1.82, 2.24) is 4.90 Å². The lowest BCUT2D eigenvalue weighted by Crippen LogP contribution is -2.47. The molecule has 1 aromatic rings. The number of rotatable bonds is 7. The van der Waals surface area contributed by atoms with Gasteiger partial charge in [-0.15, -0.1) is 0 Å². The van der Waals surface area contributed by atoms with E-state index in [1.807, 2.05) is 30.3 Å². The molecule has 0 amide bonds. The van der Waals surface area contributed by atoms with E-state index in [0.29, 0.717) is 12.1 Å². The molecule has 1 aliphatic rings. The van der Waals surface area contributed by atoms with E-state index >= 15 is 0 Å². The molecule has 0 spiro atoms. The second-order valence-electron chi connectivity index (χ2n) is 7.80. The van der Waals surface area contributed by atoms with Crippen LogP contribution >= 0.6 is 0 Å². The summed E-state index contributed by atoms with van der Waals surface area (Å²) in [7, 11) is 0. The Morgan fingerprint density at radius 3 is 2.33 bits per heavy atom. The van der Waals surface area contributed by atoms with Gasteiger partial charge in [-0.2, -0.15) is 0 Å². The summed E-state index contributed by atoms with van der Waals surface area (Å²) in [6, 6.07) is 10.9. The smallest absolute Gasteiger partial charge is 0.314 e. The number of carboxylic acid groups (broad SMARTS) is 1. The van der Waals surface area contributed by atoms with Crippen LogP contribution in [0.1, 0.15) is 65.4 Å². The van der Waals surface area contributed by atoms with E-state index < -0.39 is 11.4 Å². The SMILES string of the molecule is CC(C)N(CCC1CCCCC1(C(=O)O)c1ccccc1)C(C)C. The molecule has 2 atom stereocenters. The molecule has 0 radical (unpaired) electrons. The van der Waals surface area contributed by atoms with E-state index in [0.717, 1.165) is 44.2 Å². The van der Waals surface area contributed by atoms with E-state index in [1.54, 1.807) is 0 Å². The van der Waals surface area contributed by atoms with Gasteiger partial charge in [0.1, 0.15) is 0 Å². The molecule has 0 saturated heterocycles. The van der Waals surface area contributed by atoms with E-state index in [-0.39, 0.29) is 5.92 Å². The standard InChI is InChI=1S/C21H33NO2/c1-16(2)22(17(3)4)15-13-19-12-8-9-14-21(19,20(23)24)18-10-6-5-7-11-18/h5-7,10-11,16-17,19H,8-9,12-15H2,1-4H3,(H,23,24). The molecule has 134 valence electrons. The van der Waals surface area contributed by atoms with Crippen LogP contribution in [0.15, 0.2) is 30.3 Å². The Balaban J connectivity index is 2.26. The molecule has 1 aromatic carbocycles. The Morgan fingerprint density at radius 1 is 1.17 bits per heavy atom. The molecular weight excluding hydrogens is 298 g/mol. The van der Waals surface area contributed by atoms with Gasteiger partial charge in [0.25, 0.3) is 0 Å². The van der Waals surface area contributed by atoms with Crippen molar-refractivity contribution in [2.75, 3.05) is 6.54 Å². The maximum atomic E-state index is 12.4.